The number of ether oxygens (including phenoxy) is 1. The molecule has 23 heavy (non-hydrogen) atoms. The predicted molar refractivity (Wildman–Crippen MR) is 84.0 cm³/mol. The van der Waals surface area contributed by atoms with Crippen LogP contribution in [-0.2, 0) is 32.7 Å². The lowest BCUT2D eigenvalue weighted by atomic mass is 10.1. The first-order chi connectivity index (χ1) is 10.6. The van der Waals surface area contributed by atoms with E-state index in [4.69, 9.17) is 24.3 Å². The summed E-state index contributed by atoms with van der Waals surface area (Å²) >= 11 is 0. The van der Waals surface area contributed by atoms with Gasteiger partial charge in [-0.3, -0.25) is 14.0 Å². The molecule has 0 amide bonds. The minimum absolute atomic E-state index is 0.382. The molecule has 10 heteroatoms. The first-order valence-corrected chi connectivity index (χ1v) is 10.7. The maximum absolute atomic E-state index is 11.2. The van der Waals surface area contributed by atoms with Gasteiger partial charge in [-0.25, -0.2) is 0 Å². The molecule has 1 fully saturated rings. The summed E-state index contributed by atoms with van der Waals surface area (Å²) in [6.07, 6.45) is -0.893. The van der Waals surface area contributed by atoms with E-state index in [-0.39, 0.29) is 0 Å². The fourth-order valence-corrected chi connectivity index (χ4v) is 3.92. The molecule has 4 N–H and O–H groups in total. The number of benzene rings is 1. The number of rotatable bonds is 6. The van der Waals surface area contributed by atoms with E-state index in [1.807, 2.05) is 0 Å². The predicted octanol–water partition coefficient (Wildman–Crippen LogP) is 0.874. The van der Waals surface area contributed by atoms with Crippen molar-refractivity contribution in [1.29, 1.82) is 0 Å². The van der Waals surface area contributed by atoms with Crippen LogP contribution in [0.15, 0.2) is 18.2 Å². The van der Waals surface area contributed by atoms with Crippen molar-refractivity contribution in [2.75, 3.05) is 26.3 Å². The van der Waals surface area contributed by atoms with Crippen LogP contribution in [0.4, 0.5) is 0 Å². The fourth-order valence-electron chi connectivity index (χ4n) is 2.61. The van der Waals surface area contributed by atoms with E-state index in [0.29, 0.717) is 30.9 Å². The van der Waals surface area contributed by atoms with E-state index < -0.39 is 27.5 Å². The standard InChI is InChI=1S/C13H21NO7P2/c15-22(16,17)9-12-5-11(8-14-1-3-21-4-2-14)6-13(7-12)10-23(18,19)20/h5-7H,1-4,8-10H2,(H2,15,16,17)(H2,18,19,20). The molecule has 1 heterocycles. The molecular formula is C13H21NO7P2. The molecule has 2 rings (SSSR count). The Balaban J connectivity index is 2.24. The van der Waals surface area contributed by atoms with Gasteiger partial charge in [-0.15, -0.1) is 0 Å². The van der Waals surface area contributed by atoms with Crippen LogP contribution < -0.4 is 0 Å². The highest BCUT2D eigenvalue weighted by molar-refractivity contribution is 7.51. The van der Waals surface area contributed by atoms with E-state index in [1.165, 1.54) is 6.07 Å². The van der Waals surface area contributed by atoms with Crippen molar-refractivity contribution < 1.29 is 33.4 Å². The van der Waals surface area contributed by atoms with E-state index in [9.17, 15) is 9.13 Å². The second kappa shape index (κ2) is 7.55. The average Bonchev–Trinajstić information content (AvgIpc) is 2.35. The van der Waals surface area contributed by atoms with Gasteiger partial charge >= 0.3 is 15.2 Å². The summed E-state index contributed by atoms with van der Waals surface area (Å²) in [5, 5.41) is 0. The van der Waals surface area contributed by atoms with Gasteiger partial charge in [0.1, 0.15) is 0 Å². The summed E-state index contributed by atoms with van der Waals surface area (Å²) in [5.41, 5.74) is 1.54. The molecule has 130 valence electrons. The maximum Gasteiger partial charge on any atom is 0.329 e. The van der Waals surface area contributed by atoms with Crippen molar-refractivity contribution in [2.24, 2.45) is 0 Å². The summed E-state index contributed by atoms with van der Waals surface area (Å²) in [7, 11) is -8.50. The average molecular weight is 365 g/mol. The van der Waals surface area contributed by atoms with E-state index in [1.54, 1.807) is 12.1 Å². The van der Waals surface area contributed by atoms with Crippen LogP contribution in [-0.4, -0.2) is 50.8 Å². The zero-order chi connectivity index (χ0) is 17.1. The number of hydrogen-bond donors (Lipinski definition) is 4. The molecule has 0 atom stereocenters. The molecule has 0 spiro atoms. The van der Waals surface area contributed by atoms with Gasteiger partial charge in [-0.1, -0.05) is 18.2 Å². The fraction of sp³-hybridized carbons (Fsp3) is 0.538. The van der Waals surface area contributed by atoms with Crippen LogP contribution in [0.3, 0.4) is 0 Å². The molecule has 0 aliphatic carbocycles. The highest BCUT2D eigenvalue weighted by Crippen LogP contribution is 2.42. The van der Waals surface area contributed by atoms with Gasteiger partial charge in [0.05, 0.1) is 25.5 Å². The van der Waals surface area contributed by atoms with Gasteiger partial charge in [-0.2, -0.15) is 0 Å². The Bertz CT molecular complexity index is 591. The summed E-state index contributed by atoms with van der Waals surface area (Å²) in [4.78, 5) is 38.7. The van der Waals surface area contributed by atoms with Gasteiger partial charge in [0.15, 0.2) is 0 Å². The first-order valence-electron chi connectivity index (χ1n) is 7.12. The van der Waals surface area contributed by atoms with Crippen molar-refractivity contribution in [2.45, 2.75) is 18.9 Å². The first kappa shape index (κ1) is 18.8. The van der Waals surface area contributed by atoms with Crippen molar-refractivity contribution in [3.05, 3.63) is 34.9 Å². The molecule has 1 aromatic carbocycles. The van der Waals surface area contributed by atoms with Crippen LogP contribution in [0.2, 0.25) is 0 Å². The van der Waals surface area contributed by atoms with Crippen LogP contribution in [0.25, 0.3) is 0 Å². The third-order valence-corrected chi connectivity index (χ3v) is 4.95. The molecule has 1 aliphatic rings. The largest absolute Gasteiger partial charge is 0.379 e. The molecule has 0 radical (unpaired) electrons. The Morgan fingerprint density at radius 3 is 1.74 bits per heavy atom. The zero-order valence-corrected chi connectivity index (χ0v) is 14.3. The van der Waals surface area contributed by atoms with E-state index in [2.05, 4.69) is 4.90 Å². The molecule has 1 aromatic rings. The Morgan fingerprint density at radius 1 is 0.870 bits per heavy atom. The highest BCUT2D eigenvalue weighted by Gasteiger charge is 2.19. The minimum atomic E-state index is -4.25. The second-order valence-corrected chi connectivity index (χ2v) is 8.98. The third kappa shape index (κ3) is 7.25. The molecule has 8 nitrogen and oxygen atoms in total. The molecule has 0 unspecified atom stereocenters. The monoisotopic (exact) mass is 365 g/mol. The topological polar surface area (TPSA) is 128 Å². The van der Waals surface area contributed by atoms with Crippen molar-refractivity contribution in [3.63, 3.8) is 0 Å². The smallest absolute Gasteiger partial charge is 0.329 e. The van der Waals surface area contributed by atoms with Gasteiger partial charge in [-0.05, 0) is 16.7 Å². The SMILES string of the molecule is O=P(O)(O)Cc1cc(CN2CCOCC2)cc(CP(=O)(O)O)c1. The lowest BCUT2D eigenvalue weighted by Crippen LogP contribution is -2.35. The molecule has 0 bridgehead atoms. The Morgan fingerprint density at radius 2 is 1.30 bits per heavy atom. The summed E-state index contributed by atoms with van der Waals surface area (Å²) in [5.74, 6) is 0. The third-order valence-electron chi connectivity index (χ3n) is 3.40. The maximum atomic E-state index is 11.2. The molecular weight excluding hydrogens is 344 g/mol. The molecule has 0 aromatic heterocycles. The minimum Gasteiger partial charge on any atom is -0.379 e. The second-order valence-electron chi connectivity index (χ2n) is 5.69. The van der Waals surface area contributed by atoms with Gasteiger partial charge in [0, 0.05) is 19.6 Å². The Hall–Kier alpha value is -0.560. The lowest BCUT2D eigenvalue weighted by Gasteiger charge is -2.27. The summed E-state index contributed by atoms with van der Waals surface area (Å²) in [6, 6.07) is 4.80. The molecule has 1 aliphatic heterocycles. The van der Waals surface area contributed by atoms with Gasteiger partial charge < -0.3 is 24.3 Å². The summed E-state index contributed by atoms with van der Waals surface area (Å²) in [6.45, 7) is 3.29. The van der Waals surface area contributed by atoms with Crippen LogP contribution in [0.5, 0.6) is 0 Å². The number of nitrogens with zero attached hydrogens (tertiary/aromatic N) is 1. The van der Waals surface area contributed by atoms with Gasteiger partial charge in [0.25, 0.3) is 0 Å². The van der Waals surface area contributed by atoms with Crippen molar-refractivity contribution in [1.82, 2.24) is 4.90 Å². The highest BCUT2D eigenvalue weighted by atomic mass is 31.2. The van der Waals surface area contributed by atoms with Crippen LogP contribution >= 0.6 is 15.2 Å². The van der Waals surface area contributed by atoms with E-state index in [0.717, 1.165) is 18.7 Å². The Labute approximate surface area is 134 Å². The summed E-state index contributed by atoms with van der Waals surface area (Å²) < 4.78 is 27.7. The number of morpholine rings is 1. The van der Waals surface area contributed by atoms with Crippen LogP contribution in [0, 0.1) is 0 Å². The Kier molecular flexibility index (Phi) is 6.16. The number of hydrogen-bond acceptors (Lipinski definition) is 4. The normalized spacial score (nSPS) is 17.4. The zero-order valence-electron chi connectivity index (χ0n) is 12.5. The van der Waals surface area contributed by atoms with Gasteiger partial charge in [0.2, 0.25) is 0 Å². The lowest BCUT2D eigenvalue weighted by molar-refractivity contribution is 0.0342. The van der Waals surface area contributed by atoms with E-state index >= 15 is 0 Å². The van der Waals surface area contributed by atoms with Crippen molar-refractivity contribution >= 4 is 15.2 Å². The van der Waals surface area contributed by atoms with Crippen molar-refractivity contribution in [3.8, 4) is 0 Å². The van der Waals surface area contributed by atoms with Crippen LogP contribution in [0.1, 0.15) is 16.7 Å². The molecule has 1 saturated heterocycles. The molecule has 0 saturated carbocycles. The quantitative estimate of drug-likeness (QED) is 0.547.